The van der Waals surface area contributed by atoms with Gasteiger partial charge in [-0.1, -0.05) is 11.8 Å². The highest BCUT2D eigenvalue weighted by atomic mass is 32.2. The Morgan fingerprint density at radius 3 is 2.00 bits per heavy atom. The molecule has 0 aromatic carbocycles. The highest BCUT2D eigenvalue weighted by Crippen LogP contribution is 2.59. The normalized spacial score (nSPS) is 19.0. The van der Waals surface area contributed by atoms with Crippen LogP contribution in [0.4, 0.5) is 55.4 Å². The summed E-state index contributed by atoms with van der Waals surface area (Å²) in [6.07, 6.45) is -18.6. The third kappa shape index (κ3) is 4.08. The number of hydrogen-bond donors (Lipinski definition) is 1. The van der Waals surface area contributed by atoms with Crippen molar-refractivity contribution >= 4 is 28.4 Å². The number of anilines is 1. The molecule has 2 heterocycles. The van der Waals surface area contributed by atoms with E-state index in [2.05, 4.69) is 9.98 Å². The molecule has 0 radical (unpaired) electrons. The van der Waals surface area contributed by atoms with Gasteiger partial charge in [-0.25, -0.2) is 14.4 Å². The predicted molar refractivity (Wildman–Crippen MR) is 78.6 cm³/mol. The first-order valence-electron chi connectivity index (χ1n) is 6.77. The van der Waals surface area contributed by atoms with Crippen LogP contribution in [-0.2, 0) is 0 Å². The Bertz CT molecular complexity index is 859. The number of halogens is 10. The van der Waals surface area contributed by atoms with Crippen LogP contribution >= 0.6 is 11.8 Å². The molecule has 1 aromatic rings. The third-order valence-corrected chi connectivity index (χ3v) is 4.32. The summed E-state index contributed by atoms with van der Waals surface area (Å²) in [7, 11) is 0. The molecule has 0 fully saturated rings. The van der Waals surface area contributed by atoms with Crippen LogP contribution in [0.2, 0.25) is 0 Å². The number of amidine groups is 1. The van der Waals surface area contributed by atoms with Crippen molar-refractivity contribution in [2.24, 2.45) is 4.99 Å². The van der Waals surface area contributed by atoms with Crippen LogP contribution in [0.15, 0.2) is 34.1 Å². The summed E-state index contributed by atoms with van der Waals surface area (Å²) in [5, 5.41) is 10.8. The highest BCUT2D eigenvalue weighted by Gasteiger charge is 2.77. The molecule has 17 heteroatoms. The Kier molecular flexibility index (Phi) is 5.50. The second-order valence-corrected chi connectivity index (χ2v) is 6.15. The maximum Gasteiger partial charge on any atom is 0.443 e. The molecule has 0 atom stereocenters. The van der Waals surface area contributed by atoms with Gasteiger partial charge in [0.05, 0.1) is 9.83 Å². The zero-order valence-electron chi connectivity index (χ0n) is 13.1. The third-order valence-electron chi connectivity index (χ3n) is 3.26. The summed E-state index contributed by atoms with van der Waals surface area (Å²) in [4.78, 5) is 12.4. The summed E-state index contributed by atoms with van der Waals surface area (Å²) in [6, 6.07) is 1.50. The zero-order valence-corrected chi connectivity index (χ0v) is 13.9. The number of aliphatic imine (C=N–C) groups is 1. The first-order valence-corrected chi connectivity index (χ1v) is 7.58. The number of hydrogen-bond acceptors (Lipinski definition) is 6. The molecule has 0 aliphatic carbocycles. The van der Waals surface area contributed by atoms with Crippen molar-refractivity contribution in [2.45, 2.75) is 24.1 Å². The molecule has 0 spiro atoms. The monoisotopic (exact) mass is 458 g/mol. The minimum absolute atomic E-state index is 0.566. The summed E-state index contributed by atoms with van der Waals surface area (Å²) in [5.74, 6) is -4.21. The van der Waals surface area contributed by atoms with Crippen molar-refractivity contribution in [1.82, 2.24) is 4.98 Å². The summed E-state index contributed by atoms with van der Waals surface area (Å²) in [5.41, 5.74) is -6.10. The fraction of sp³-hybridized carbons (Fsp3) is 0.333. The maximum atomic E-state index is 13.6. The number of nitrogens with zero attached hydrogens (tertiary/aromatic N) is 3. The minimum Gasteiger partial charge on any atom is -0.319 e. The SMILES string of the molecule is O=[N+]([O-])c1ccc(NC2=NC(C(F)(F)F)(C(F)(F)F)C(=C(F)C(F)(F)F)S2)nc1. The number of pyridine rings is 1. The van der Waals surface area contributed by atoms with E-state index in [1.807, 2.05) is 0 Å². The molecule has 1 N–H and O–H groups in total. The molecule has 0 amide bonds. The van der Waals surface area contributed by atoms with Crippen LogP contribution in [0.25, 0.3) is 0 Å². The highest BCUT2D eigenvalue weighted by molar-refractivity contribution is 8.17. The van der Waals surface area contributed by atoms with E-state index in [9.17, 15) is 54.0 Å². The van der Waals surface area contributed by atoms with Gasteiger partial charge < -0.3 is 5.32 Å². The predicted octanol–water partition coefficient (Wildman–Crippen LogP) is 5.11. The van der Waals surface area contributed by atoms with E-state index >= 15 is 0 Å². The van der Waals surface area contributed by atoms with Gasteiger partial charge >= 0.3 is 18.5 Å². The Morgan fingerprint density at radius 2 is 1.62 bits per heavy atom. The van der Waals surface area contributed by atoms with E-state index < -0.39 is 68.2 Å². The number of nitrogens with one attached hydrogen (secondary N) is 1. The smallest absolute Gasteiger partial charge is 0.319 e. The number of aromatic nitrogens is 1. The fourth-order valence-corrected chi connectivity index (χ4v) is 3.17. The Morgan fingerprint density at radius 1 is 1.07 bits per heavy atom. The number of allylic oxidation sites excluding steroid dienone is 1. The van der Waals surface area contributed by atoms with Crippen LogP contribution in [0.1, 0.15) is 0 Å². The molecule has 0 unspecified atom stereocenters. The van der Waals surface area contributed by atoms with Crippen LogP contribution in [-0.4, -0.2) is 39.1 Å². The standard InChI is InChI=1S/C12H4F10N4O2S/c13-6(10(14,15)16)7-9(11(17,18)19,12(20,21)22)25-8(29-7)24-5-2-1-4(3-23-5)26(27)28/h1-3H,(H,23,24,25). The first-order chi connectivity index (χ1) is 13.0. The number of alkyl halides is 9. The van der Waals surface area contributed by atoms with Gasteiger partial charge in [-0.05, 0) is 6.07 Å². The van der Waals surface area contributed by atoms with Gasteiger partial charge in [-0.15, -0.1) is 0 Å². The Balaban J connectivity index is 2.60. The van der Waals surface area contributed by atoms with Crippen molar-refractivity contribution < 1.29 is 48.8 Å². The lowest BCUT2D eigenvalue weighted by atomic mass is 9.97. The molecular formula is C12H4F10N4O2S. The van der Waals surface area contributed by atoms with E-state index in [4.69, 9.17) is 0 Å². The average molecular weight is 458 g/mol. The van der Waals surface area contributed by atoms with E-state index in [-0.39, 0.29) is 0 Å². The second-order valence-electron chi connectivity index (χ2n) is 5.15. The fourth-order valence-electron chi connectivity index (χ4n) is 2.00. The molecule has 0 saturated carbocycles. The molecule has 0 bridgehead atoms. The molecule has 6 nitrogen and oxygen atoms in total. The molecule has 29 heavy (non-hydrogen) atoms. The number of nitro groups is 1. The van der Waals surface area contributed by atoms with Crippen molar-refractivity contribution in [2.75, 3.05) is 5.32 Å². The van der Waals surface area contributed by atoms with Crippen molar-refractivity contribution in [1.29, 1.82) is 0 Å². The minimum atomic E-state index is -6.48. The van der Waals surface area contributed by atoms with Crippen LogP contribution < -0.4 is 5.32 Å². The molecule has 1 aliphatic rings. The van der Waals surface area contributed by atoms with E-state index in [1.54, 1.807) is 5.32 Å². The number of rotatable bonds is 2. The van der Waals surface area contributed by atoms with Crippen LogP contribution in [0.5, 0.6) is 0 Å². The molecule has 1 aromatic heterocycles. The van der Waals surface area contributed by atoms with Gasteiger partial charge in [-0.2, -0.15) is 39.5 Å². The number of thioether (sulfide) groups is 1. The lowest BCUT2D eigenvalue weighted by Crippen LogP contribution is -2.55. The average Bonchev–Trinajstić information content (AvgIpc) is 2.94. The summed E-state index contributed by atoms with van der Waals surface area (Å²) < 4.78 is 131. The van der Waals surface area contributed by atoms with Crippen LogP contribution in [0.3, 0.4) is 0 Å². The summed E-state index contributed by atoms with van der Waals surface area (Å²) >= 11 is -0.879. The Hall–Kier alpha value is -2.59. The lowest BCUT2D eigenvalue weighted by Gasteiger charge is -2.31. The van der Waals surface area contributed by atoms with Crippen molar-refractivity contribution in [3.63, 3.8) is 0 Å². The van der Waals surface area contributed by atoms with Gasteiger partial charge in [0.2, 0.25) is 5.83 Å². The maximum absolute atomic E-state index is 13.6. The topological polar surface area (TPSA) is 80.4 Å². The van der Waals surface area contributed by atoms with E-state index in [1.165, 1.54) is 0 Å². The quantitative estimate of drug-likeness (QED) is 0.379. The van der Waals surface area contributed by atoms with Crippen molar-refractivity contribution in [3.8, 4) is 0 Å². The van der Waals surface area contributed by atoms with Gasteiger partial charge in [0.1, 0.15) is 12.0 Å². The second kappa shape index (κ2) is 7.03. The lowest BCUT2D eigenvalue weighted by molar-refractivity contribution is -0.385. The van der Waals surface area contributed by atoms with Gasteiger partial charge in [-0.3, -0.25) is 10.1 Å². The van der Waals surface area contributed by atoms with Gasteiger partial charge in [0.15, 0.2) is 5.17 Å². The van der Waals surface area contributed by atoms with Crippen molar-refractivity contribution in [3.05, 3.63) is 39.2 Å². The van der Waals surface area contributed by atoms with E-state index in [0.717, 1.165) is 12.1 Å². The molecule has 2 rings (SSSR count). The van der Waals surface area contributed by atoms with E-state index in [0.29, 0.717) is 6.20 Å². The van der Waals surface area contributed by atoms with Crippen LogP contribution in [0, 0.1) is 10.1 Å². The largest absolute Gasteiger partial charge is 0.443 e. The van der Waals surface area contributed by atoms with Gasteiger partial charge in [0.25, 0.3) is 11.2 Å². The molecule has 160 valence electrons. The zero-order chi connectivity index (χ0) is 22.4. The molecule has 0 saturated heterocycles. The van der Waals surface area contributed by atoms with Gasteiger partial charge in [0, 0.05) is 6.07 Å². The first kappa shape index (κ1) is 22.7. The molecule has 1 aliphatic heterocycles. The Labute approximate surface area is 156 Å². The molecular weight excluding hydrogens is 454 g/mol. The summed E-state index contributed by atoms with van der Waals surface area (Å²) in [6.45, 7) is 0.